The summed E-state index contributed by atoms with van der Waals surface area (Å²) in [7, 11) is 0. The molecule has 26 heavy (non-hydrogen) atoms. The van der Waals surface area contributed by atoms with E-state index < -0.39 is 0 Å². The maximum Gasteiger partial charge on any atom is 0.232 e. The molecule has 0 unspecified atom stereocenters. The van der Waals surface area contributed by atoms with Crippen molar-refractivity contribution in [1.29, 1.82) is 5.26 Å². The molecule has 4 rings (SSSR count). The van der Waals surface area contributed by atoms with Gasteiger partial charge < -0.3 is 10.6 Å². The second-order valence-electron chi connectivity index (χ2n) is 5.70. The van der Waals surface area contributed by atoms with E-state index in [9.17, 15) is 0 Å². The van der Waals surface area contributed by atoms with Gasteiger partial charge in [-0.05, 0) is 53.9 Å². The molecule has 2 N–H and O–H groups in total. The lowest BCUT2D eigenvalue weighted by Gasteiger charge is -2.09. The molecule has 0 spiro atoms. The molecule has 1 aliphatic carbocycles. The summed E-state index contributed by atoms with van der Waals surface area (Å²) in [6.45, 7) is 0. The van der Waals surface area contributed by atoms with Crippen molar-refractivity contribution in [2.45, 2.75) is 6.42 Å². The Morgan fingerprint density at radius 3 is 2.38 bits per heavy atom. The predicted octanol–water partition coefficient (Wildman–Crippen LogP) is 4.37. The smallest absolute Gasteiger partial charge is 0.232 e. The molecule has 1 aromatic heterocycles. The predicted molar refractivity (Wildman–Crippen MR) is 102 cm³/mol. The Kier molecular flexibility index (Phi) is 4.22. The first-order valence-electron chi connectivity index (χ1n) is 7.93. The van der Waals surface area contributed by atoms with E-state index >= 15 is 0 Å². The van der Waals surface area contributed by atoms with Crippen LogP contribution in [0.25, 0.3) is 5.03 Å². The molecule has 3 aromatic rings. The molecular formula is C19H13ClN6. The quantitative estimate of drug-likeness (QED) is 0.718. The molecule has 0 fully saturated rings. The number of anilines is 4. The summed E-state index contributed by atoms with van der Waals surface area (Å²) in [6, 6.07) is 15.1. The van der Waals surface area contributed by atoms with Crippen molar-refractivity contribution in [2.75, 3.05) is 10.6 Å². The van der Waals surface area contributed by atoms with Gasteiger partial charge in [-0.2, -0.15) is 10.2 Å². The van der Waals surface area contributed by atoms with Gasteiger partial charge in [-0.15, -0.1) is 0 Å². The number of rotatable bonds is 4. The first-order chi connectivity index (χ1) is 12.7. The second-order valence-corrected chi connectivity index (χ2v) is 6.11. The van der Waals surface area contributed by atoms with E-state index in [0.717, 1.165) is 28.4 Å². The Morgan fingerprint density at radius 2 is 1.65 bits per heavy atom. The van der Waals surface area contributed by atoms with Crippen LogP contribution < -0.4 is 10.6 Å². The number of nitrogens with one attached hydrogen (secondary N) is 2. The van der Waals surface area contributed by atoms with Crippen molar-refractivity contribution in [3.63, 3.8) is 0 Å². The molecule has 1 aliphatic rings. The van der Waals surface area contributed by atoms with Crippen LogP contribution in [0.3, 0.4) is 0 Å². The number of benzene rings is 2. The van der Waals surface area contributed by atoms with Gasteiger partial charge in [0.05, 0.1) is 11.6 Å². The molecule has 0 radical (unpaired) electrons. The van der Waals surface area contributed by atoms with Crippen LogP contribution in [0.1, 0.15) is 16.7 Å². The van der Waals surface area contributed by atoms with E-state index in [1.54, 1.807) is 24.3 Å². The van der Waals surface area contributed by atoms with Crippen LogP contribution in [0.15, 0.2) is 54.9 Å². The van der Waals surface area contributed by atoms with E-state index in [2.05, 4.69) is 31.7 Å². The van der Waals surface area contributed by atoms with Crippen molar-refractivity contribution < 1.29 is 0 Å². The van der Waals surface area contributed by atoms with Crippen LogP contribution in [0, 0.1) is 11.3 Å². The highest BCUT2D eigenvalue weighted by molar-refractivity contribution is 6.49. The van der Waals surface area contributed by atoms with Gasteiger partial charge in [0.2, 0.25) is 11.9 Å². The van der Waals surface area contributed by atoms with Crippen molar-refractivity contribution >= 4 is 39.9 Å². The Balaban J connectivity index is 1.52. The fraction of sp³-hybridized carbons (Fsp3) is 0.0526. The van der Waals surface area contributed by atoms with Crippen molar-refractivity contribution in [1.82, 2.24) is 15.0 Å². The number of aromatic nitrogens is 3. The molecule has 0 bridgehead atoms. The Labute approximate surface area is 155 Å². The number of nitrogens with zero attached hydrogens (tertiary/aromatic N) is 4. The third kappa shape index (κ3) is 3.34. The van der Waals surface area contributed by atoms with E-state index in [4.69, 9.17) is 16.9 Å². The second kappa shape index (κ2) is 6.82. The zero-order valence-corrected chi connectivity index (χ0v) is 14.3. The van der Waals surface area contributed by atoms with Crippen LogP contribution in [-0.4, -0.2) is 15.0 Å². The van der Waals surface area contributed by atoms with Gasteiger partial charge in [-0.25, -0.2) is 9.97 Å². The zero-order valence-electron chi connectivity index (χ0n) is 13.6. The monoisotopic (exact) mass is 360 g/mol. The number of allylic oxidation sites excluding steroid dienone is 1. The molecule has 7 heteroatoms. The van der Waals surface area contributed by atoms with Gasteiger partial charge >= 0.3 is 0 Å². The summed E-state index contributed by atoms with van der Waals surface area (Å²) in [5.74, 6) is 0.834. The molecule has 0 atom stereocenters. The van der Waals surface area contributed by atoms with Gasteiger partial charge in [0.1, 0.15) is 6.33 Å². The summed E-state index contributed by atoms with van der Waals surface area (Å²) >= 11 is 6.22. The lowest BCUT2D eigenvalue weighted by molar-refractivity contribution is 1.06. The van der Waals surface area contributed by atoms with Crippen LogP contribution in [0.4, 0.5) is 23.3 Å². The standard InChI is InChI=1S/C19H13ClN6/c20-17-8-4-13-3-7-15(9-16(13)17)25-19-23-11-22-18(26-19)24-14-5-1-12(10-21)2-6-14/h1-3,5-9,11H,4H2,(H2,22,23,24,25,26). The van der Waals surface area contributed by atoms with E-state index in [1.165, 1.54) is 11.9 Å². The van der Waals surface area contributed by atoms with Gasteiger partial charge in [-0.3, -0.25) is 0 Å². The molecular weight excluding hydrogens is 348 g/mol. The Morgan fingerprint density at radius 1 is 0.962 bits per heavy atom. The fourth-order valence-electron chi connectivity index (χ4n) is 2.67. The average molecular weight is 361 g/mol. The molecule has 2 aromatic carbocycles. The third-order valence-electron chi connectivity index (χ3n) is 3.97. The summed E-state index contributed by atoms with van der Waals surface area (Å²) in [5, 5.41) is 15.9. The number of hydrogen-bond acceptors (Lipinski definition) is 6. The average Bonchev–Trinajstić information content (AvgIpc) is 3.03. The third-order valence-corrected chi connectivity index (χ3v) is 4.32. The van der Waals surface area contributed by atoms with Crippen molar-refractivity contribution in [3.05, 3.63) is 71.6 Å². The van der Waals surface area contributed by atoms with Gasteiger partial charge in [0, 0.05) is 16.4 Å². The topological polar surface area (TPSA) is 86.5 Å². The van der Waals surface area contributed by atoms with Crippen molar-refractivity contribution in [2.24, 2.45) is 0 Å². The lowest BCUT2D eigenvalue weighted by atomic mass is 10.1. The molecule has 6 nitrogen and oxygen atoms in total. The van der Waals surface area contributed by atoms with Gasteiger partial charge in [0.15, 0.2) is 0 Å². The molecule has 0 aliphatic heterocycles. The summed E-state index contributed by atoms with van der Waals surface area (Å²) in [5.41, 5.74) is 4.47. The van der Waals surface area contributed by atoms with Crippen LogP contribution in [0.2, 0.25) is 0 Å². The van der Waals surface area contributed by atoms with Gasteiger partial charge in [0.25, 0.3) is 0 Å². The highest BCUT2D eigenvalue weighted by atomic mass is 35.5. The van der Waals surface area contributed by atoms with Crippen LogP contribution in [-0.2, 0) is 6.42 Å². The maximum absolute atomic E-state index is 8.85. The number of nitriles is 1. The zero-order chi connectivity index (χ0) is 17.9. The number of hydrogen-bond donors (Lipinski definition) is 2. The maximum atomic E-state index is 8.85. The number of fused-ring (bicyclic) bond motifs is 1. The summed E-state index contributed by atoms with van der Waals surface area (Å²) in [6.07, 6.45) is 4.29. The van der Waals surface area contributed by atoms with Crippen molar-refractivity contribution in [3.8, 4) is 6.07 Å². The minimum absolute atomic E-state index is 0.409. The Bertz CT molecular complexity index is 1040. The van der Waals surface area contributed by atoms with Crippen LogP contribution >= 0.6 is 11.6 Å². The highest BCUT2D eigenvalue weighted by Crippen LogP contribution is 2.32. The lowest BCUT2D eigenvalue weighted by Crippen LogP contribution is -2.03. The molecule has 0 saturated heterocycles. The normalized spacial score (nSPS) is 12.1. The minimum Gasteiger partial charge on any atom is -0.324 e. The fourth-order valence-corrected chi connectivity index (χ4v) is 2.92. The number of halogens is 1. The first kappa shape index (κ1) is 16.1. The first-order valence-corrected chi connectivity index (χ1v) is 8.31. The van der Waals surface area contributed by atoms with Gasteiger partial charge in [-0.1, -0.05) is 23.7 Å². The van der Waals surface area contributed by atoms with E-state index in [-0.39, 0.29) is 0 Å². The summed E-state index contributed by atoms with van der Waals surface area (Å²) in [4.78, 5) is 12.6. The molecule has 0 amide bonds. The molecule has 0 saturated carbocycles. The molecule has 1 heterocycles. The minimum atomic E-state index is 0.409. The molecule has 126 valence electrons. The SMILES string of the molecule is N#Cc1ccc(Nc2ncnc(Nc3ccc4c(c3)C(Cl)=CC4)n2)cc1. The largest absolute Gasteiger partial charge is 0.324 e. The van der Waals surface area contributed by atoms with E-state index in [0.29, 0.717) is 17.5 Å². The van der Waals surface area contributed by atoms with Crippen LogP contribution in [0.5, 0.6) is 0 Å². The summed E-state index contributed by atoms with van der Waals surface area (Å²) < 4.78 is 0. The van der Waals surface area contributed by atoms with E-state index in [1.807, 2.05) is 24.3 Å². The Hall–Kier alpha value is -3.43. The highest BCUT2D eigenvalue weighted by Gasteiger charge is 2.13.